The number of hydrogen-bond acceptors (Lipinski definition) is 8. The molecule has 1 aromatic carbocycles. The second kappa shape index (κ2) is 13.4. The number of ether oxygens (including phenoxy) is 2. The van der Waals surface area contributed by atoms with Gasteiger partial charge in [-0.2, -0.15) is 0 Å². The van der Waals surface area contributed by atoms with Crippen LogP contribution in [0.4, 0.5) is 0 Å². The molecule has 0 saturated carbocycles. The Morgan fingerprint density at radius 1 is 1.19 bits per heavy atom. The Bertz CT molecular complexity index is 1220. The minimum absolute atomic E-state index is 0.0243. The molecule has 0 spiro atoms. The molecule has 2 saturated heterocycles. The number of hydrogen-bond donors (Lipinski definition) is 4. The summed E-state index contributed by atoms with van der Waals surface area (Å²) in [5.74, 6) is -3.17. The number of allylic oxidation sites excluding steroid dienone is 2. The third-order valence-electron chi connectivity index (χ3n) is 8.65. The number of aromatic hydroxyl groups is 1. The number of ketones is 1. The molecule has 11 heteroatoms. The largest absolute Gasteiger partial charge is 0.508 e. The van der Waals surface area contributed by atoms with Gasteiger partial charge in [0.1, 0.15) is 22.9 Å². The van der Waals surface area contributed by atoms with Gasteiger partial charge in [-0.05, 0) is 70.1 Å². The molecule has 1 aromatic rings. The maximum absolute atomic E-state index is 14.1. The van der Waals surface area contributed by atoms with Crippen LogP contribution in [-0.4, -0.2) is 90.1 Å². The van der Waals surface area contributed by atoms with E-state index >= 15 is 0 Å². The predicted octanol–water partition coefficient (Wildman–Crippen LogP) is 1.29. The predicted molar refractivity (Wildman–Crippen MR) is 156 cm³/mol. The van der Waals surface area contributed by atoms with Crippen molar-refractivity contribution in [3.63, 3.8) is 0 Å². The van der Waals surface area contributed by atoms with Gasteiger partial charge in [0, 0.05) is 19.5 Å². The molecule has 5 N–H and O–H groups in total. The summed E-state index contributed by atoms with van der Waals surface area (Å²) in [5, 5.41) is 16.0. The van der Waals surface area contributed by atoms with Gasteiger partial charge in [0.15, 0.2) is 5.78 Å². The molecule has 42 heavy (non-hydrogen) atoms. The average Bonchev–Trinajstić information content (AvgIpc) is 3.72. The van der Waals surface area contributed by atoms with Crippen molar-refractivity contribution in [2.75, 3.05) is 39.5 Å². The highest BCUT2D eigenvalue weighted by Crippen LogP contribution is 2.40. The molecular weight excluding hydrogens is 540 g/mol. The molecule has 4 rings (SSSR count). The third-order valence-corrected chi connectivity index (χ3v) is 8.65. The van der Waals surface area contributed by atoms with Crippen LogP contribution in [0, 0.1) is 12.8 Å². The van der Waals surface area contributed by atoms with E-state index in [2.05, 4.69) is 16.7 Å². The van der Waals surface area contributed by atoms with Crippen molar-refractivity contribution in [3.05, 3.63) is 41.0 Å². The van der Waals surface area contributed by atoms with E-state index in [0.29, 0.717) is 37.4 Å². The van der Waals surface area contributed by atoms with Gasteiger partial charge in [-0.25, -0.2) is 0 Å². The molecule has 0 bridgehead atoms. The van der Waals surface area contributed by atoms with Crippen LogP contribution in [0.3, 0.4) is 0 Å². The number of morpholine rings is 1. The minimum Gasteiger partial charge on any atom is -0.508 e. The van der Waals surface area contributed by atoms with Gasteiger partial charge >= 0.3 is 0 Å². The lowest BCUT2D eigenvalue weighted by molar-refractivity contribution is -0.142. The Morgan fingerprint density at radius 2 is 1.90 bits per heavy atom. The normalized spacial score (nSPS) is 23.5. The zero-order valence-corrected chi connectivity index (χ0v) is 24.9. The number of carbonyl (C=O) groups excluding carboxylic acids is 4. The van der Waals surface area contributed by atoms with Crippen LogP contribution in [0.5, 0.6) is 5.75 Å². The first-order valence-corrected chi connectivity index (χ1v) is 14.8. The highest BCUT2D eigenvalue weighted by atomic mass is 16.6. The van der Waals surface area contributed by atoms with E-state index in [4.69, 9.17) is 15.2 Å². The number of primary amides is 1. The lowest BCUT2D eigenvalue weighted by Crippen LogP contribution is -2.68. The number of benzene rings is 1. The zero-order chi connectivity index (χ0) is 30.5. The van der Waals surface area contributed by atoms with Crippen LogP contribution in [-0.2, 0) is 35.1 Å². The van der Waals surface area contributed by atoms with Crippen LogP contribution in [0.25, 0.3) is 0 Å². The molecule has 2 fully saturated rings. The number of nitrogens with one attached hydrogen (secondary N) is 2. The number of rotatable bonds is 13. The number of phenolic OH excluding ortho intramolecular Hbond substituents is 1. The molecular formula is C31H44N4O7. The summed E-state index contributed by atoms with van der Waals surface area (Å²) >= 11 is 0. The second-order valence-corrected chi connectivity index (χ2v) is 12.0. The van der Waals surface area contributed by atoms with Crippen LogP contribution < -0.4 is 16.4 Å². The summed E-state index contributed by atoms with van der Waals surface area (Å²) in [5.41, 5.74) is 5.39. The van der Waals surface area contributed by atoms with Crippen LogP contribution >= 0.6 is 0 Å². The van der Waals surface area contributed by atoms with Crippen LogP contribution in [0.2, 0.25) is 0 Å². The third kappa shape index (κ3) is 7.56. The maximum atomic E-state index is 14.1. The monoisotopic (exact) mass is 584 g/mol. The van der Waals surface area contributed by atoms with E-state index in [-0.39, 0.29) is 43.4 Å². The fraction of sp³-hybridized carbons (Fsp3) is 0.613. The summed E-state index contributed by atoms with van der Waals surface area (Å²) in [6.07, 6.45) is 5.87. The van der Waals surface area contributed by atoms with E-state index in [0.717, 1.165) is 31.3 Å². The van der Waals surface area contributed by atoms with Crippen LogP contribution in [0.15, 0.2) is 29.8 Å². The Kier molecular flexibility index (Phi) is 10.1. The standard InChI is InChI=1S/C31H44N4O7/c1-20-9-10-23(16-25(20)36)17-31(29(32)40,24(27(38)30(3)19-42-30)15-22-7-5-4-6-8-22)34-28(39)21(2)33-26(37)18-35-11-13-41-14-12-35/h7,9-10,16,21,24,36H,4-6,8,11-15,17-19H2,1-3H3,(H2,32,40)(H,33,37)(H,34,39)/t21-,24+,30+,31?/m0/s1. The van der Waals surface area contributed by atoms with Gasteiger partial charge in [-0.3, -0.25) is 24.1 Å². The molecule has 230 valence electrons. The van der Waals surface area contributed by atoms with Gasteiger partial charge < -0.3 is 30.9 Å². The maximum Gasteiger partial charge on any atom is 0.244 e. The summed E-state index contributed by atoms with van der Waals surface area (Å²) in [6, 6.07) is 3.95. The van der Waals surface area contributed by atoms with E-state index in [9.17, 15) is 24.3 Å². The molecule has 11 nitrogen and oxygen atoms in total. The average molecular weight is 585 g/mol. The molecule has 2 aliphatic heterocycles. The molecule has 0 aromatic heterocycles. The Balaban J connectivity index is 1.66. The lowest BCUT2D eigenvalue weighted by atomic mass is 9.69. The Morgan fingerprint density at radius 3 is 2.50 bits per heavy atom. The van der Waals surface area contributed by atoms with Crippen molar-refractivity contribution in [1.29, 1.82) is 0 Å². The van der Waals surface area contributed by atoms with Gasteiger partial charge in [-0.1, -0.05) is 23.8 Å². The number of aryl methyl sites for hydroxylation is 1. The molecule has 1 aliphatic carbocycles. The van der Waals surface area contributed by atoms with Gasteiger partial charge in [-0.15, -0.1) is 0 Å². The van der Waals surface area contributed by atoms with Crippen molar-refractivity contribution >= 4 is 23.5 Å². The molecule has 3 amide bonds. The van der Waals surface area contributed by atoms with Crippen molar-refractivity contribution < 1.29 is 33.8 Å². The minimum atomic E-state index is -1.85. The first-order chi connectivity index (χ1) is 19.9. The van der Waals surface area contributed by atoms with Gasteiger partial charge in [0.25, 0.3) is 0 Å². The van der Waals surface area contributed by atoms with Crippen molar-refractivity contribution in [2.24, 2.45) is 11.7 Å². The summed E-state index contributed by atoms with van der Waals surface area (Å²) in [6.45, 7) is 7.57. The molecule has 3 aliphatic rings. The van der Waals surface area contributed by atoms with E-state index in [1.807, 2.05) is 4.90 Å². The number of nitrogens with two attached hydrogens (primary N) is 1. The fourth-order valence-corrected chi connectivity index (χ4v) is 5.77. The number of nitrogens with zero attached hydrogens (tertiary/aromatic N) is 1. The first kappa shape index (κ1) is 31.7. The first-order valence-electron chi connectivity index (χ1n) is 14.8. The number of phenols is 1. The van der Waals surface area contributed by atoms with Gasteiger partial charge in [0.2, 0.25) is 17.7 Å². The van der Waals surface area contributed by atoms with Gasteiger partial charge in [0.05, 0.1) is 32.3 Å². The Labute approximate surface area is 247 Å². The molecule has 1 unspecified atom stereocenters. The van der Waals surface area contributed by atoms with Crippen molar-refractivity contribution in [2.45, 2.75) is 76.5 Å². The highest BCUT2D eigenvalue weighted by molar-refractivity contribution is 6.02. The Hall–Kier alpha value is -3.28. The summed E-state index contributed by atoms with van der Waals surface area (Å²) in [4.78, 5) is 56.1. The lowest BCUT2D eigenvalue weighted by Gasteiger charge is -2.40. The quantitative estimate of drug-likeness (QED) is 0.199. The topological polar surface area (TPSA) is 164 Å². The van der Waals surface area contributed by atoms with E-state index in [1.54, 1.807) is 26.0 Å². The summed E-state index contributed by atoms with van der Waals surface area (Å²) in [7, 11) is 0. The molecule has 0 radical (unpaired) electrons. The fourth-order valence-electron chi connectivity index (χ4n) is 5.77. The van der Waals surface area contributed by atoms with Crippen molar-refractivity contribution in [3.8, 4) is 5.75 Å². The highest BCUT2D eigenvalue weighted by Gasteiger charge is 2.58. The SMILES string of the molecule is Cc1ccc(CC(NC(=O)[C@H](C)NC(=O)CN2CCOCC2)(C(N)=O)[C@H](CC2=CCCCC2)C(=O)[C@@]2(C)CO2)cc1O. The smallest absolute Gasteiger partial charge is 0.244 e. The number of Topliss-reactive ketones (excluding diaryl/α,β-unsaturated/α-hetero) is 1. The zero-order valence-electron chi connectivity index (χ0n) is 24.9. The molecule has 4 atom stereocenters. The van der Waals surface area contributed by atoms with Crippen molar-refractivity contribution in [1.82, 2.24) is 15.5 Å². The summed E-state index contributed by atoms with van der Waals surface area (Å²) < 4.78 is 10.8. The number of epoxide rings is 1. The van der Waals surface area contributed by atoms with E-state index < -0.39 is 34.9 Å². The second-order valence-electron chi connectivity index (χ2n) is 12.0. The van der Waals surface area contributed by atoms with E-state index in [1.165, 1.54) is 13.0 Å². The number of amides is 3. The van der Waals surface area contributed by atoms with Crippen LogP contribution in [0.1, 0.15) is 57.1 Å². The number of carbonyl (C=O) groups is 4. The molecule has 2 heterocycles.